The first-order chi connectivity index (χ1) is 17.6. The van der Waals surface area contributed by atoms with E-state index in [4.69, 9.17) is 0 Å². The summed E-state index contributed by atoms with van der Waals surface area (Å²) in [6, 6.07) is 20.3. The topological polar surface area (TPSA) is 77.6 Å². The van der Waals surface area contributed by atoms with Crippen LogP contribution in [0, 0.1) is 5.82 Å². The smallest absolute Gasteiger partial charge is 0.309 e. The second-order valence-electron chi connectivity index (χ2n) is 8.86. The summed E-state index contributed by atoms with van der Waals surface area (Å²) in [6.07, 6.45) is 5.12. The van der Waals surface area contributed by atoms with Crippen molar-refractivity contribution in [1.82, 2.24) is 20.5 Å². The molecule has 2 N–H and O–H groups in total. The zero-order chi connectivity index (χ0) is 25.2. The van der Waals surface area contributed by atoms with Gasteiger partial charge in [-0.1, -0.05) is 36.4 Å². The maximum atomic E-state index is 13.3. The van der Waals surface area contributed by atoms with Crippen LogP contribution in [-0.4, -0.2) is 61.0 Å². The van der Waals surface area contributed by atoms with Crippen molar-refractivity contribution >= 4 is 17.5 Å². The van der Waals surface area contributed by atoms with Crippen molar-refractivity contribution in [3.05, 3.63) is 96.1 Å². The summed E-state index contributed by atoms with van der Waals surface area (Å²) < 4.78 is 13.3. The molecule has 4 rings (SSSR count). The predicted molar refractivity (Wildman–Crippen MR) is 138 cm³/mol. The summed E-state index contributed by atoms with van der Waals surface area (Å²) in [6.45, 7) is 3.82. The zero-order valence-corrected chi connectivity index (χ0v) is 20.3. The molecule has 8 heteroatoms. The molecule has 1 aliphatic heterocycles. The Morgan fingerprint density at radius 2 is 1.61 bits per heavy atom. The first kappa shape index (κ1) is 25.3. The molecule has 1 aliphatic rings. The summed E-state index contributed by atoms with van der Waals surface area (Å²) in [5, 5.41) is 5.52. The Kier molecular flexibility index (Phi) is 8.99. The van der Waals surface area contributed by atoms with Crippen molar-refractivity contribution in [3.63, 3.8) is 0 Å². The average molecular weight is 490 g/mol. The minimum Gasteiger partial charge on any atom is -0.369 e. The molecule has 36 heavy (non-hydrogen) atoms. The molecule has 0 unspecified atom stereocenters. The number of nitrogens with zero attached hydrogens (tertiary/aromatic N) is 3. The van der Waals surface area contributed by atoms with Gasteiger partial charge in [-0.05, 0) is 54.3 Å². The highest BCUT2D eigenvalue weighted by atomic mass is 19.1. The number of hydrogen-bond donors (Lipinski definition) is 2. The van der Waals surface area contributed by atoms with Gasteiger partial charge >= 0.3 is 11.8 Å². The number of aromatic nitrogens is 1. The van der Waals surface area contributed by atoms with E-state index in [1.54, 1.807) is 24.5 Å². The molecular weight excluding hydrogens is 457 g/mol. The summed E-state index contributed by atoms with van der Waals surface area (Å²) >= 11 is 0. The molecular formula is C28H32FN5O2. The lowest BCUT2D eigenvalue weighted by Crippen LogP contribution is -2.51. The molecule has 1 fully saturated rings. The van der Waals surface area contributed by atoms with E-state index in [0.717, 1.165) is 50.3 Å². The quantitative estimate of drug-likeness (QED) is 0.357. The number of piperazine rings is 1. The summed E-state index contributed by atoms with van der Waals surface area (Å²) in [5.41, 5.74) is 3.18. The van der Waals surface area contributed by atoms with E-state index in [1.807, 2.05) is 42.5 Å². The Labute approximate surface area is 211 Å². The van der Waals surface area contributed by atoms with Gasteiger partial charge in [-0.2, -0.15) is 0 Å². The van der Waals surface area contributed by atoms with Crippen molar-refractivity contribution in [2.75, 3.05) is 44.2 Å². The lowest BCUT2D eigenvalue weighted by atomic mass is 10.1. The number of pyridine rings is 1. The highest BCUT2D eigenvalue weighted by Gasteiger charge is 2.26. The van der Waals surface area contributed by atoms with E-state index < -0.39 is 11.8 Å². The van der Waals surface area contributed by atoms with E-state index in [1.165, 1.54) is 17.7 Å². The van der Waals surface area contributed by atoms with Gasteiger partial charge in [0, 0.05) is 57.3 Å². The molecule has 1 saturated heterocycles. The van der Waals surface area contributed by atoms with Crippen molar-refractivity contribution < 1.29 is 14.0 Å². The number of amides is 2. The lowest BCUT2D eigenvalue weighted by Gasteiger charge is -2.40. The molecule has 188 valence electrons. The molecule has 1 atom stereocenters. The number of aryl methyl sites for hydroxylation is 1. The minimum absolute atomic E-state index is 0.108. The van der Waals surface area contributed by atoms with Gasteiger partial charge < -0.3 is 15.5 Å². The van der Waals surface area contributed by atoms with Gasteiger partial charge in [-0.15, -0.1) is 0 Å². The summed E-state index contributed by atoms with van der Waals surface area (Å²) in [5.74, 6) is -1.49. The fourth-order valence-electron chi connectivity index (χ4n) is 4.46. The third-order valence-corrected chi connectivity index (χ3v) is 6.45. The number of hydrogen-bond acceptors (Lipinski definition) is 5. The number of anilines is 1. The van der Waals surface area contributed by atoms with Crippen molar-refractivity contribution in [3.8, 4) is 0 Å². The van der Waals surface area contributed by atoms with Crippen molar-refractivity contribution in [1.29, 1.82) is 0 Å². The number of nitrogens with one attached hydrogen (secondary N) is 2. The van der Waals surface area contributed by atoms with Gasteiger partial charge in [-0.25, -0.2) is 4.39 Å². The highest BCUT2D eigenvalue weighted by Crippen LogP contribution is 2.23. The van der Waals surface area contributed by atoms with E-state index in [2.05, 4.69) is 25.4 Å². The number of rotatable bonds is 9. The Bertz CT molecular complexity index is 1100. The van der Waals surface area contributed by atoms with E-state index >= 15 is 0 Å². The standard InChI is InChI=1S/C28H32FN5O2/c29-24-10-12-25(13-11-24)33-16-18-34(19-17-33)26(23-9-5-14-30-20-23)21-32-28(36)27(35)31-15-4-8-22-6-2-1-3-7-22/h1-3,5-7,9-14,20,26H,4,8,15-19,21H2,(H,31,35)(H,32,36)/t26-/m1/s1. The van der Waals surface area contributed by atoms with Gasteiger partial charge in [0.05, 0.1) is 6.04 Å². The van der Waals surface area contributed by atoms with Crippen LogP contribution in [0.15, 0.2) is 79.1 Å². The van der Waals surface area contributed by atoms with Crippen LogP contribution in [0.25, 0.3) is 0 Å². The van der Waals surface area contributed by atoms with Gasteiger partial charge in [0.15, 0.2) is 0 Å². The van der Waals surface area contributed by atoms with Crippen LogP contribution in [0.2, 0.25) is 0 Å². The van der Waals surface area contributed by atoms with Crippen molar-refractivity contribution in [2.24, 2.45) is 0 Å². The Hall–Kier alpha value is -3.78. The van der Waals surface area contributed by atoms with Crippen molar-refractivity contribution in [2.45, 2.75) is 18.9 Å². The van der Waals surface area contributed by atoms with Gasteiger partial charge in [0.2, 0.25) is 0 Å². The SMILES string of the molecule is O=C(NCCCc1ccccc1)C(=O)NC[C@H](c1cccnc1)N1CCN(c2ccc(F)cc2)CC1. The first-order valence-corrected chi connectivity index (χ1v) is 12.3. The summed E-state index contributed by atoms with van der Waals surface area (Å²) in [7, 11) is 0. The largest absolute Gasteiger partial charge is 0.369 e. The molecule has 2 heterocycles. The fourth-order valence-corrected chi connectivity index (χ4v) is 4.46. The monoisotopic (exact) mass is 489 g/mol. The molecule has 0 spiro atoms. The van der Waals surface area contributed by atoms with Crippen LogP contribution in [0.1, 0.15) is 23.6 Å². The number of benzene rings is 2. The maximum Gasteiger partial charge on any atom is 0.309 e. The normalized spacial score (nSPS) is 14.8. The Balaban J connectivity index is 1.28. The van der Waals surface area contributed by atoms with Gasteiger partial charge in [0.25, 0.3) is 0 Å². The first-order valence-electron chi connectivity index (χ1n) is 12.3. The molecule has 0 aliphatic carbocycles. The molecule has 2 aromatic carbocycles. The van der Waals surface area contributed by atoms with Gasteiger partial charge in [0.1, 0.15) is 5.82 Å². The minimum atomic E-state index is -0.631. The van der Waals surface area contributed by atoms with Crippen LogP contribution in [0.3, 0.4) is 0 Å². The Morgan fingerprint density at radius 1 is 0.889 bits per heavy atom. The third-order valence-electron chi connectivity index (χ3n) is 6.45. The number of halogens is 1. The number of carbonyl (C=O) groups excluding carboxylic acids is 2. The predicted octanol–water partition coefficient (Wildman–Crippen LogP) is 2.95. The molecule has 7 nitrogen and oxygen atoms in total. The second-order valence-corrected chi connectivity index (χ2v) is 8.86. The molecule has 0 saturated carbocycles. The van der Waals surface area contributed by atoms with E-state index in [0.29, 0.717) is 13.1 Å². The molecule has 0 bridgehead atoms. The molecule has 3 aromatic rings. The van der Waals surface area contributed by atoms with E-state index in [9.17, 15) is 14.0 Å². The van der Waals surface area contributed by atoms with Crippen LogP contribution >= 0.6 is 0 Å². The van der Waals surface area contributed by atoms with Crippen LogP contribution in [0.4, 0.5) is 10.1 Å². The van der Waals surface area contributed by atoms with Gasteiger partial charge in [-0.3, -0.25) is 19.5 Å². The van der Waals surface area contributed by atoms with E-state index in [-0.39, 0.29) is 11.9 Å². The fraction of sp³-hybridized carbons (Fsp3) is 0.321. The second kappa shape index (κ2) is 12.8. The summed E-state index contributed by atoms with van der Waals surface area (Å²) in [4.78, 5) is 33.6. The number of carbonyl (C=O) groups is 2. The average Bonchev–Trinajstić information content (AvgIpc) is 2.93. The van der Waals surface area contributed by atoms with Crippen LogP contribution in [0.5, 0.6) is 0 Å². The lowest BCUT2D eigenvalue weighted by molar-refractivity contribution is -0.139. The molecule has 1 aromatic heterocycles. The zero-order valence-electron chi connectivity index (χ0n) is 20.3. The third kappa shape index (κ3) is 7.11. The van der Waals surface area contributed by atoms with Crippen LogP contribution in [-0.2, 0) is 16.0 Å². The molecule has 2 amide bonds. The maximum absolute atomic E-state index is 13.3. The highest BCUT2D eigenvalue weighted by molar-refractivity contribution is 6.35. The Morgan fingerprint density at radius 3 is 2.31 bits per heavy atom. The molecule has 0 radical (unpaired) electrons. The van der Waals surface area contributed by atoms with Crippen LogP contribution < -0.4 is 15.5 Å².